The lowest BCUT2D eigenvalue weighted by molar-refractivity contribution is 0.0505. The van der Waals surface area contributed by atoms with E-state index >= 15 is 0 Å². The van der Waals surface area contributed by atoms with Gasteiger partial charge in [-0.3, -0.25) is 4.79 Å². The first-order valence-electron chi connectivity index (χ1n) is 8.67. The van der Waals surface area contributed by atoms with Crippen molar-refractivity contribution in [2.24, 2.45) is 0 Å². The molecule has 6 heteroatoms. The number of fused-ring (bicyclic) bond motifs is 1. The average Bonchev–Trinajstić information content (AvgIpc) is 3.05. The maximum absolute atomic E-state index is 13.3. The molecule has 1 unspecified atom stereocenters. The zero-order chi connectivity index (χ0) is 19.8. The van der Waals surface area contributed by atoms with Gasteiger partial charge in [0, 0.05) is 23.6 Å². The highest BCUT2D eigenvalue weighted by Crippen LogP contribution is 2.40. The van der Waals surface area contributed by atoms with Crippen molar-refractivity contribution in [2.45, 2.75) is 25.9 Å². The zero-order valence-electron chi connectivity index (χ0n) is 15.7. The number of methoxy groups -OCH3 is 1. The maximum Gasteiger partial charge on any atom is 0.255 e. The van der Waals surface area contributed by atoms with Crippen molar-refractivity contribution in [3.63, 3.8) is 0 Å². The largest absolute Gasteiger partial charge is 0.496 e. The fraction of sp³-hybridized carbons (Fsp3) is 0.286. The number of nitrogens with one attached hydrogen (secondary N) is 1. The van der Waals surface area contributed by atoms with Crippen LogP contribution in [0.3, 0.4) is 0 Å². The minimum Gasteiger partial charge on any atom is -0.496 e. The summed E-state index contributed by atoms with van der Waals surface area (Å²) in [5.74, 6) is 0.0927. The normalized spacial score (nSPS) is 13.4. The number of carbonyl (C=O) groups excluding carboxylic acids is 1. The Morgan fingerprint density at radius 2 is 1.96 bits per heavy atom. The van der Waals surface area contributed by atoms with Gasteiger partial charge in [-0.15, -0.1) is 0 Å². The van der Waals surface area contributed by atoms with Gasteiger partial charge in [0.05, 0.1) is 18.3 Å². The number of halogens is 1. The number of furan rings is 1. The Labute approximate surface area is 156 Å². The average molecular weight is 371 g/mol. The molecular formula is C21H22FNO4. The van der Waals surface area contributed by atoms with Crippen molar-refractivity contribution >= 4 is 16.9 Å². The summed E-state index contributed by atoms with van der Waals surface area (Å²) >= 11 is 0. The lowest BCUT2D eigenvalue weighted by Gasteiger charge is -2.24. The van der Waals surface area contributed by atoms with E-state index in [0.717, 1.165) is 0 Å². The third-order valence-corrected chi connectivity index (χ3v) is 4.84. The van der Waals surface area contributed by atoms with Crippen LogP contribution in [0, 0.1) is 5.82 Å². The molecule has 0 aliphatic heterocycles. The van der Waals surface area contributed by atoms with Crippen LogP contribution < -0.4 is 10.1 Å². The summed E-state index contributed by atoms with van der Waals surface area (Å²) in [5.41, 5.74) is 0.810. The van der Waals surface area contributed by atoms with E-state index in [-0.39, 0.29) is 11.7 Å². The third kappa shape index (κ3) is 3.28. The van der Waals surface area contributed by atoms with Crippen LogP contribution in [-0.2, 0) is 5.60 Å². The summed E-state index contributed by atoms with van der Waals surface area (Å²) in [4.78, 5) is 12.6. The molecule has 0 saturated heterocycles. The van der Waals surface area contributed by atoms with Gasteiger partial charge in [-0.05, 0) is 49.7 Å². The van der Waals surface area contributed by atoms with Gasteiger partial charge in [0.2, 0.25) is 0 Å². The molecule has 1 atom stereocenters. The Hall–Kier alpha value is -2.86. The van der Waals surface area contributed by atoms with E-state index in [0.29, 0.717) is 45.6 Å². The molecule has 1 aromatic heterocycles. The summed E-state index contributed by atoms with van der Waals surface area (Å²) in [6, 6.07) is 9.11. The van der Waals surface area contributed by atoms with Crippen LogP contribution in [0.2, 0.25) is 0 Å². The smallest absolute Gasteiger partial charge is 0.255 e. The molecule has 0 aliphatic rings. The van der Waals surface area contributed by atoms with Gasteiger partial charge in [-0.1, -0.05) is 6.92 Å². The molecule has 5 nitrogen and oxygen atoms in total. The molecule has 2 N–H and O–H groups in total. The topological polar surface area (TPSA) is 71.7 Å². The van der Waals surface area contributed by atoms with Crippen molar-refractivity contribution in [3.05, 3.63) is 53.3 Å². The molecule has 0 fully saturated rings. The van der Waals surface area contributed by atoms with E-state index in [1.54, 1.807) is 31.2 Å². The van der Waals surface area contributed by atoms with Crippen LogP contribution in [0.5, 0.6) is 5.75 Å². The van der Waals surface area contributed by atoms with Crippen molar-refractivity contribution in [3.8, 4) is 17.1 Å². The third-order valence-electron chi connectivity index (χ3n) is 4.84. The fourth-order valence-corrected chi connectivity index (χ4v) is 3.06. The molecule has 0 spiro atoms. The molecule has 1 heterocycles. The van der Waals surface area contributed by atoms with Gasteiger partial charge in [0.25, 0.3) is 5.91 Å². The molecule has 0 aliphatic carbocycles. The maximum atomic E-state index is 13.3. The number of aliphatic hydroxyl groups is 1. The van der Waals surface area contributed by atoms with E-state index in [9.17, 15) is 14.3 Å². The van der Waals surface area contributed by atoms with Gasteiger partial charge in [-0.25, -0.2) is 4.39 Å². The van der Waals surface area contributed by atoms with Crippen molar-refractivity contribution in [1.82, 2.24) is 5.32 Å². The van der Waals surface area contributed by atoms with Crippen LogP contribution in [0.15, 0.2) is 40.8 Å². The standard InChI is InChI=1S/C21H22FNO4/c1-5-21(2,25)15-11-16-14(10-17(15)26-4)18(20(24)23-3)19(27-16)12-6-8-13(22)9-7-12/h6-11,25H,5H2,1-4H3,(H,23,24). The first-order chi connectivity index (χ1) is 12.8. The number of amides is 1. The number of benzene rings is 2. The van der Waals surface area contributed by atoms with Crippen LogP contribution in [-0.4, -0.2) is 25.2 Å². The lowest BCUT2D eigenvalue weighted by atomic mass is 9.91. The van der Waals surface area contributed by atoms with Gasteiger partial charge in [0.1, 0.15) is 22.9 Å². The van der Waals surface area contributed by atoms with Crippen molar-refractivity contribution in [2.75, 3.05) is 14.2 Å². The highest BCUT2D eigenvalue weighted by Gasteiger charge is 2.29. The monoisotopic (exact) mass is 371 g/mol. The highest BCUT2D eigenvalue weighted by atomic mass is 19.1. The Morgan fingerprint density at radius 3 is 2.52 bits per heavy atom. The predicted molar refractivity (Wildman–Crippen MR) is 101 cm³/mol. The highest BCUT2D eigenvalue weighted by molar-refractivity contribution is 6.11. The second-order valence-corrected chi connectivity index (χ2v) is 6.57. The number of hydrogen-bond donors (Lipinski definition) is 2. The number of rotatable bonds is 5. The first kappa shape index (κ1) is 18.9. The number of hydrogen-bond acceptors (Lipinski definition) is 4. The van der Waals surface area contributed by atoms with E-state index in [1.165, 1.54) is 26.3 Å². The van der Waals surface area contributed by atoms with E-state index in [4.69, 9.17) is 9.15 Å². The lowest BCUT2D eigenvalue weighted by Crippen LogP contribution is -2.21. The minimum atomic E-state index is -1.12. The first-order valence-corrected chi connectivity index (χ1v) is 8.67. The van der Waals surface area contributed by atoms with Gasteiger partial charge in [0.15, 0.2) is 0 Å². The molecule has 0 saturated carbocycles. The predicted octanol–water partition coefficient (Wildman–Crippen LogP) is 4.22. The molecule has 142 valence electrons. The quantitative estimate of drug-likeness (QED) is 0.704. The Bertz CT molecular complexity index is 990. The Kier molecular flexibility index (Phi) is 4.93. The van der Waals surface area contributed by atoms with Crippen LogP contribution in [0.25, 0.3) is 22.3 Å². The summed E-state index contributed by atoms with van der Waals surface area (Å²) in [7, 11) is 3.04. The van der Waals surface area contributed by atoms with E-state index < -0.39 is 5.60 Å². The molecule has 3 aromatic rings. The van der Waals surface area contributed by atoms with Crippen molar-refractivity contribution in [1.29, 1.82) is 0 Å². The summed E-state index contributed by atoms with van der Waals surface area (Å²) in [6.45, 7) is 3.56. The van der Waals surface area contributed by atoms with Gasteiger partial charge >= 0.3 is 0 Å². The second kappa shape index (κ2) is 7.04. The minimum absolute atomic E-state index is 0.329. The van der Waals surface area contributed by atoms with Gasteiger partial charge in [-0.2, -0.15) is 0 Å². The SMILES string of the molecule is CCC(C)(O)c1cc2oc(-c3ccc(F)cc3)c(C(=O)NC)c2cc1OC. The van der Waals surface area contributed by atoms with E-state index in [1.807, 2.05) is 6.92 Å². The fourth-order valence-electron chi connectivity index (χ4n) is 3.06. The molecule has 27 heavy (non-hydrogen) atoms. The number of carbonyl (C=O) groups is 1. The molecule has 3 rings (SSSR count). The molecule has 0 radical (unpaired) electrons. The number of ether oxygens (including phenoxy) is 1. The summed E-state index contributed by atoms with van der Waals surface area (Å²) < 4.78 is 24.7. The Balaban J connectivity index is 2.33. The van der Waals surface area contributed by atoms with Crippen LogP contribution >= 0.6 is 0 Å². The molecule has 2 aromatic carbocycles. The summed E-state index contributed by atoms with van der Waals surface area (Å²) in [5, 5.41) is 13.9. The van der Waals surface area contributed by atoms with Gasteiger partial charge < -0.3 is 19.6 Å². The second-order valence-electron chi connectivity index (χ2n) is 6.57. The summed E-state index contributed by atoms with van der Waals surface area (Å²) in [6.07, 6.45) is 0.475. The Morgan fingerprint density at radius 1 is 1.30 bits per heavy atom. The van der Waals surface area contributed by atoms with Crippen LogP contribution in [0.1, 0.15) is 36.2 Å². The van der Waals surface area contributed by atoms with Crippen molar-refractivity contribution < 1.29 is 23.4 Å². The van der Waals surface area contributed by atoms with Crippen LogP contribution in [0.4, 0.5) is 4.39 Å². The molecule has 0 bridgehead atoms. The molecule has 1 amide bonds. The van der Waals surface area contributed by atoms with E-state index in [2.05, 4.69) is 5.32 Å². The zero-order valence-corrected chi connectivity index (χ0v) is 15.7. The molecular weight excluding hydrogens is 349 g/mol.